The van der Waals surface area contributed by atoms with Crippen LogP contribution in [0.15, 0.2) is 130 Å². The molecule has 63 heavy (non-hydrogen) atoms. The summed E-state index contributed by atoms with van der Waals surface area (Å²) in [6.45, 7) is 7.70. The monoisotopic (exact) mass is 906 g/mol. The van der Waals surface area contributed by atoms with Gasteiger partial charge in [-0.3, -0.25) is 19.5 Å². The van der Waals surface area contributed by atoms with Crippen LogP contribution < -0.4 is 16.4 Å². The molecule has 5 N–H and O–H groups in total. The number of hydrogen-bond donors (Lipinski definition) is 4. The van der Waals surface area contributed by atoms with Gasteiger partial charge in [0.2, 0.25) is 17.1 Å². The van der Waals surface area contributed by atoms with Gasteiger partial charge in [-0.1, -0.05) is 115 Å². The van der Waals surface area contributed by atoms with E-state index in [0.717, 1.165) is 38.7 Å². The minimum Gasteiger partial charge on any atom is -0.477 e. The number of nitrogens with two attached hydrogens (primary N) is 1. The zero-order chi connectivity index (χ0) is 44.7. The molecule has 0 radical (unpaired) electrons. The van der Waals surface area contributed by atoms with Crippen molar-refractivity contribution >= 4 is 69.8 Å². The van der Waals surface area contributed by atoms with E-state index in [4.69, 9.17) is 15.3 Å². The van der Waals surface area contributed by atoms with E-state index in [2.05, 4.69) is 30.1 Å². The molecule has 326 valence electrons. The molecule has 1 unspecified atom stereocenters. The fourth-order valence-electron chi connectivity index (χ4n) is 7.38. The molecule has 7 rings (SSSR count). The van der Waals surface area contributed by atoms with Gasteiger partial charge < -0.3 is 31.0 Å². The number of anilines is 1. The topological polar surface area (TPSA) is 211 Å². The maximum atomic E-state index is 14.4. The number of β-lactam (4-membered cyclic amide) rings is 1. The van der Waals surface area contributed by atoms with Crippen LogP contribution in [-0.4, -0.2) is 83.9 Å². The van der Waals surface area contributed by atoms with Crippen LogP contribution in [0.25, 0.3) is 0 Å². The highest BCUT2D eigenvalue weighted by Gasteiger charge is 2.55. The molecule has 0 aliphatic carbocycles. The van der Waals surface area contributed by atoms with E-state index in [-0.39, 0.29) is 28.3 Å². The Kier molecular flexibility index (Phi) is 13.8. The van der Waals surface area contributed by atoms with Gasteiger partial charge in [-0.05, 0) is 44.7 Å². The van der Waals surface area contributed by atoms with Crippen LogP contribution in [0.4, 0.5) is 9.93 Å². The van der Waals surface area contributed by atoms with Crippen LogP contribution in [0.3, 0.4) is 0 Å². The Hall–Kier alpha value is -6.24. The van der Waals surface area contributed by atoms with Gasteiger partial charge in [0.1, 0.15) is 17.3 Å². The number of hydrogen-bond acceptors (Lipinski definition) is 14. The van der Waals surface area contributed by atoms with Gasteiger partial charge in [-0.2, -0.15) is 21.1 Å². The van der Waals surface area contributed by atoms with E-state index in [1.54, 1.807) is 44.9 Å². The first-order valence-electron chi connectivity index (χ1n) is 20.1. The van der Waals surface area contributed by atoms with Crippen LogP contribution in [0, 0.1) is 5.92 Å². The average molecular weight is 907 g/mol. The molecular weight excluding hydrogens is 861 g/mol. The smallest absolute Gasteiger partial charge is 0.407 e. The second-order valence-corrected chi connectivity index (χ2v) is 18.7. The number of aliphatic carboxylic acids is 1. The zero-order valence-electron chi connectivity index (χ0n) is 34.9. The Bertz CT molecular complexity index is 2420. The summed E-state index contributed by atoms with van der Waals surface area (Å²) in [5.41, 5.74) is 6.64. The summed E-state index contributed by atoms with van der Waals surface area (Å²) in [6, 6.07) is 28.5. The third kappa shape index (κ3) is 10.0. The minimum atomic E-state index is -1.35. The Morgan fingerprint density at radius 1 is 0.968 bits per heavy atom. The van der Waals surface area contributed by atoms with Crippen molar-refractivity contribution in [1.82, 2.24) is 29.9 Å². The number of alkyl carbamates (subject to hydrolysis) is 1. The Morgan fingerprint density at radius 3 is 2.14 bits per heavy atom. The van der Waals surface area contributed by atoms with Crippen molar-refractivity contribution in [2.45, 2.75) is 68.0 Å². The molecule has 0 bridgehead atoms. The lowest BCUT2D eigenvalue weighted by Gasteiger charge is -2.51. The van der Waals surface area contributed by atoms with Crippen molar-refractivity contribution in [2.24, 2.45) is 11.1 Å². The molecule has 1 saturated heterocycles. The summed E-state index contributed by atoms with van der Waals surface area (Å²) in [5, 5.41) is 20.7. The molecule has 4 heterocycles. The molecule has 0 spiro atoms. The van der Waals surface area contributed by atoms with Crippen LogP contribution in [0.2, 0.25) is 0 Å². The lowest BCUT2D eigenvalue weighted by molar-refractivity contribution is -0.155. The standard InChI is InChI=1S/C45H46N8O7S3/c1-27-24-32-34(40(55)53(32)36(41(56)57)37(27)62-33-20-21-47-25-28(33)26-61-23-22-48-43(58)59-44(2,3)4)49-39(54)35(38-50-42(46)63-52-38)51-60-45(29-14-8-5-9-15-29,30-16-10-6-11-17-30)31-18-12-7-13-19-31/h5-21,25,27,32,34H,22-24,26H2,1-4H3,(H,48,58)(H,49,54)(H,56,57)(H2,46,50,52)/t27?,32-,34+/m1/s1. The summed E-state index contributed by atoms with van der Waals surface area (Å²) < 4.78 is 9.58. The Labute approximate surface area is 377 Å². The van der Waals surface area contributed by atoms with E-state index >= 15 is 0 Å². The van der Waals surface area contributed by atoms with Gasteiger partial charge >= 0.3 is 12.1 Å². The predicted octanol–water partition coefficient (Wildman–Crippen LogP) is 6.81. The van der Waals surface area contributed by atoms with E-state index in [1.165, 1.54) is 16.7 Å². The van der Waals surface area contributed by atoms with Gasteiger partial charge in [-0.15, -0.1) is 0 Å². The number of carboxylic acids is 1. The van der Waals surface area contributed by atoms with Crippen LogP contribution in [0.1, 0.15) is 62.2 Å². The first-order chi connectivity index (χ1) is 30.3. The first-order valence-corrected chi connectivity index (χ1v) is 22.8. The van der Waals surface area contributed by atoms with Crippen molar-refractivity contribution in [2.75, 3.05) is 18.0 Å². The number of thioether (sulfide) groups is 2. The van der Waals surface area contributed by atoms with Gasteiger partial charge in [0, 0.05) is 68.5 Å². The number of fused-ring (bicyclic) bond motifs is 1. The maximum Gasteiger partial charge on any atom is 0.407 e. The molecule has 2 aromatic heterocycles. The van der Waals surface area contributed by atoms with E-state index in [9.17, 15) is 24.3 Å². The van der Waals surface area contributed by atoms with Gasteiger partial charge in [0.05, 0.1) is 6.04 Å². The normalized spacial score (nSPS) is 17.7. The van der Waals surface area contributed by atoms with Crippen molar-refractivity contribution in [1.29, 1.82) is 0 Å². The Morgan fingerprint density at radius 2 is 1.59 bits per heavy atom. The third-order valence-electron chi connectivity index (χ3n) is 10.2. The molecular formula is C45H46N8O7S3. The summed E-state index contributed by atoms with van der Waals surface area (Å²) >= 11 is 3.74. The first kappa shape index (κ1) is 44.8. The van der Waals surface area contributed by atoms with Gasteiger partial charge in [0.25, 0.3) is 11.8 Å². The molecule has 2 aliphatic heterocycles. The number of carbonyl (C=O) groups is 4. The molecule has 15 nitrogen and oxygen atoms in total. The highest BCUT2D eigenvalue weighted by molar-refractivity contribution is 8.03. The summed E-state index contributed by atoms with van der Waals surface area (Å²) in [5.74, 6) is -1.91. The number of pyridine rings is 1. The Balaban J connectivity index is 1.12. The molecule has 3 atom stereocenters. The molecule has 3 amide bonds. The van der Waals surface area contributed by atoms with Crippen LogP contribution >= 0.6 is 35.1 Å². The maximum absolute atomic E-state index is 14.4. The number of ether oxygens (including phenoxy) is 1. The van der Waals surface area contributed by atoms with E-state index in [0.29, 0.717) is 29.4 Å². The molecule has 5 aromatic rings. The number of allylic oxidation sites excluding steroid dienone is 1. The number of aromatic nitrogens is 3. The lowest BCUT2D eigenvalue weighted by atomic mass is 9.80. The highest BCUT2D eigenvalue weighted by atomic mass is 32.2. The lowest BCUT2D eigenvalue weighted by Crippen LogP contribution is -2.72. The number of rotatable bonds is 16. The zero-order valence-corrected chi connectivity index (χ0v) is 37.3. The number of oxime groups is 1. The summed E-state index contributed by atoms with van der Waals surface area (Å²) in [4.78, 5) is 71.1. The predicted molar refractivity (Wildman–Crippen MR) is 243 cm³/mol. The van der Waals surface area contributed by atoms with Crippen LogP contribution in [-0.2, 0) is 35.3 Å². The van der Waals surface area contributed by atoms with E-state index in [1.807, 2.05) is 104 Å². The molecule has 1 fully saturated rings. The highest BCUT2D eigenvalue weighted by Crippen LogP contribution is 2.47. The van der Waals surface area contributed by atoms with Crippen molar-refractivity contribution in [3.05, 3.63) is 148 Å². The average Bonchev–Trinajstić information content (AvgIpc) is 3.70. The number of benzene rings is 3. The summed E-state index contributed by atoms with van der Waals surface area (Å²) in [7, 11) is 0. The van der Waals surface area contributed by atoms with Gasteiger partial charge in [-0.25, -0.2) is 9.59 Å². The summed E-state index contributed by atoms with van der Waals surface area (Å²) in [6.07, 6.45) is 3.24. The number of nitrogen functional groups attached to an aromatic ring is 1. The number of nitrogens with one attached hydrogen (secondary N) is 2. The van der Waals surface area contributed by atoms with Crippen molar-refractivity contribution in [3.63, 3.8) is 0 Å². The molecule has 0 saturated carbocycles. The number of nitrogens with zero attached hydrogens (tertiary/aromatic N) is 5. The second kappa shape index (κ2) is 19.4. The largest absolute Gasteiger partial charge is 0.477 e. The fourth-order valence-corrected chi connectivity index (χ4v) is 9.95. The number of carboxylic acid groups (broad SMARTS) is 1. The SMILES string of the molecule is CC1C[C@@H]2[C@H](NC(=O)C(=NOC(c3ccccc3)(c3ccccc3)c3ccccc3)c3nsc(N)n3)C(=O)N2C(C(=O)O)=C1Sc1ccncc1CSCCNC(=O)OC(C)(C)C. The number of carbonyl (C=O) groups excluding carboxylic acids is 3. The number of amides is 3. The van der Waals surface area contributed by atoms with Gasteiger partial charge in [0.15, 0.2) is 5.13 Å². The third-order valence-corrected chi connectivity index (χ3v) is 13.1. The fraction of sp³-hybridized carbons (Fsp3) is 0.289. The molecule has 3 aromatic carbocycles. The quantitative estimate of drug-likeness (QED) is 0.0264. The second-order valence-electron chi connectivity index (χ2n) is 15.7. The minimum absolute atomic E-state index is 0.0883. The molecule has 2 aliphatic rings. The van der Waals surface area contributed by atoms with Crippen molar-refractivity contribution < 1.29 is 33.9 Å². The molecule has 18 heteroatoms. The van der Waals surface area contributed by atoms with Crippen LogP contribution in [0.5, 0.6) is 0 Å². The van der Waals surface area contributed by atoms with E-state index < -0.39 is 47.2 Å². The van der Waals surface area contributed by atoms with Crippen molar-refractivity contribution in [3.8, 4) is 0 Å².